The van der Waals surface area contributed by atoms with Gasteiger partial charge in [-0.2, -0.15) is 0 Å². The van der Waals surface area contributed by atoms with Gasteiger partial charge in [-0.1, -0.05) is 0 Å². The van der Waals surface area contributed by atoms with Crippen molar-refractivity contribution in [1.29, 1.82) is 0 Å². The van der Waals surface area contributed by atoms with Gasteiger partial charge in [0, 0.05) is 25.2 Å². The molecule has 0 aromatic heterocycles. The molecule has 1 aliphatic rings. The molecule has 0 unspecified atom stereocenters. The Hall–Kier alpha value is -1.00. The lowest BCUT2D eigenvalue weighted by atomic mass is 10.1. The molecule has 1 aromatic rings. The number of hydrogen-bond donors (Lipinski definition) is 2. The molecule has 0 amide bonds. The molecule has 1 heterocycles. The second kappa shape index (κ2) is 4.68. The van der Waals surface area contributed by atoms with Gasteiger partial charge in [0.25, 0.3) is 0 Å². The van der Waals surface area contributed by atoms with Gasteiger partial charge in [0.1, 0.15) is 11.6 Å². The molecule has 0 saturated carbocycles. The molecule has 1 aromatic carbocycles. The van der Waals surface area contributed by atoms with Crippen LogP contribution in [0.25, 0.3) is 0 Å². The van der Waals surface area contributed by atoms with E-state index in [1.165, 1.54) is 12.1 Å². The summed E-state index contributed by atoms with van der Waals surface area (Å²) in [6.07, 6.45) is 0.658. The van der Waals surface area contributed by atoms with E-state index < -0.39 is 11.6 Å². The Morgan fingerprint density at radius 3 is 2.40 bits per heavy atom. The van der Waals surface area contributed by atoms with E-state index in [1.807, 2.05) is 0 Å². The summed E-state index contributed by atoms with van der Waals surface area (Å²) >= 11 is 0. The van der Waals surface area contributed by atoms with Crippen LogP contribution in [0.3, 0.4) is 0 Å². The molecule has 2 nitrogen and oxygen atoms in total. The first kappa shape index (κ1) is 10.5. The summed E-state index contributed by atoms with van der Waals surface area (Å²) in [6, 6.07) is 4.17. The van der Waals surface area contributed by atoms with Gasteiger partial charge in [0.15, 0.2) is 0 Å². The quantitative estimate of drug-likeness (QED) is 0.780. The molecular weight excluding hydrogens is 198 g/mol. The van der Waals surface area contributed by atoms with Gasteiger partial charge >= 0.3 is 0 Å². The molecule has 0 spiro atoms. The number of hydrogen-bond acceptors (Lipinski definition) is 2. The summed E-state index contributed by atoms with van der Waals surface area (Å²) in [7, 11) is 0. The second-order valence-electron chi connectivity index (χ2n) is 3.84. The maximum atomic E-state index is 12.8. The van der Waals surface area contributed by atoms with Crippen molar-refractivity contribution in [2.75, 3.05) is 19.6 Å². The minimum atomic E-state index is -0.504. The molecule has 0 radical (unpaired) electrons. The third-order valence-electron chi connectivity index (χ3n) is 2.55. The van der Waals surface area contributed by atoms with E-state index >= 15 is 0 Å². The van der Waals surface area contributed by atoms with Crippen LogP contribution in [0.15, 0.2) is 18.2 Å². The van der Waals surface area contributed by atoms with Crippen molar-refractivity contribution in [1.82, 2.24) is 10.6 Å². The highest BCUT2D eigenvalue weighted by molar-refractivity contribution is 5.18. The van der Waals surface area contributed by atoms with Gasteiger partial charge in [-0.05, 0) is 30.7 Å². The molecule has 0 bridgehead atoms. The highest BCUT2D eigenvalue weighted by Crippen LogP contribution is 2.08. The lowest BCUT2D eigenvalue weighted by molar-refractivity contribution is 0.369. The van der Waals surface area contributed by atoms with Crippen LogP contribution in [0.5, 0.6) is 0 Å². The zero-order chi connectivity index (χ0) is 10.7. The summed E-state index contributed by atoms with van der Waals surface area (Å²) in [5.74, 6) is -1.01. The predicted octanol–water partition coefficient (Wildman–Crippen LogP) is 1.07. The molecule has 1 aliphatic heterocycles. The minimum absolute atomic E-state index is 0.504. The van der Waals surface area contributed by atoms with Gasteiger partial charge in [0.2, 0.25) is 0 Å². The van der Waals surface area contributed by atoms with E-state index in [-0.39, 0.29) is 0 Å². The van der Waals surface area contributed by atoms with Crippen molar-refractivity contribution in [3.8, 4) is 0 Å². The third kappa shape index (κ3) is 2.97. The number of rotatable bonds is 4. The zero-order valence-electron chi connectivity index (χ0n) is 8.39. The van der Waals surface area contributed by atoms with Crippen molar-refractivity contribution < 1.29 is 8.78 Å². The Labute approximate surface area is 87.7 Å². The summed E-state index contributed by atoms with van der Waals surface area (Å²) in [4.78, 5) is 0. The fraction of sp³-hybridized carbons (Fsp3) is 0.455. The SMILES string of the molecule is Fc1cc(F)cc(CCNC2CNC2)c1. The largest absolute Gasteiger partial charge is 0.314 e. The molecule has 0 aliphatic carbocycles. The topological polar surface area (TPSA) is 24.1 Å². The molecule has 2 rings (SSSR count). The smallest absolute Gasteiger partial charge is 0.126 e. The van der Waals surface area contributed by atoms with Crippen LogP contribution in [0.4, 0.5) is 8.78 Å². The molecule has 2 N–H and O–H groups in total. The average Bonchev–Trinajstić information content (AvgIpc) is 2.07. The van der Waals surface area contributed by atoms with E-state index in [1.54, 1.807) is 0 Å². The second-order valence-corrected chi connectivity index (χ2v) is 3.84. The van der Waals surface area contributed by atoms with Crippen molar-refractivity contribution in [3.63, 3.8) is 0 Å². The Balaban J connectivity index is 1.81. The van der Waals surface area contributed by atoms with E-state index in [4.69, 9.17) is 0 Å². The van der Waals surface area contributed by atoms with Crippen molar-refractivity contribution in [2.45, 2.75) is 12.5 Å². The molecule has 1 saturated heterocycles. The molecule has 1 fully saturated rings. The molecule has 0 atom stereocenters. The standard InChI is InChI=1S/C11H14F2N2/c12-9-3-8(4-10(13)5-9)1-2-15-11-6-14-7-11/h3-5,11,14-15H,1-2,6-7H2. The van der Waals surface area contributed by atoms with Gasteiger partial charge in [-0.3, -0.25) is 0 Å². The van der Waals surface area contributed by atoms with Gasteiger partial charge in [-0.15, -0.1) is 0 Å². The zero-order valence-corrected chi connectivity index (χ0v) is 8.39. The van der Waals surface area contributed by atoms with Crippen LogP contribution in [-0.2, 0) is 6.42 Å². The summed E-state index contributed by atoms with van der Waals surface area (Å²) in [5.41, 5.74) is 0.701. The van der Waals surface area contributed by atoms with E-state index in [2.05, 4.69) is 10.6 Å². The van der Waals surface area contributed by atoms with Crippen LogP contribution in [0, 0.1) is 11.6 Å². The van der Waals surface area contributed by atoms with Crippen molar-refractivity contribution >= 4 is 0 Å². The third-order valence-corrected chi connectivity index (χ3v) is 2.55. The maximum absolute atomic E-state index is 12.8. The van der Waals surface area contributed by atoms with Crippen LogP contribution >= 0.6 is 0 Å². The van der Waals surface area contributed by atoms with Gasteiger partial charge in [0.05, 0.1) is 0 Å². The fourth-order valence-corrected chi connectivity index (χ4v) is 1.61. The van der Waals surface area contributed by atoms with Gasteiger partial charge in [-0.25, -0.2) is 8.78 Å². The van der Waals surface area contributed by atoms with Crippen LogP contribution in [0.2, 0.25) is 0 Å². The van der Waals surface area contributed by atoms with E-state index in [0.717, 1.165) is 25.7 Å². The first-order chi connectivity index (χ1) is 7.24. The summed E-state index contributed by atoms with van der Waals surface area (Å²) < 4.78 is 25.6. The lowest BCUT2D eigenvalue weighted by Crippen LogP contribution is -2.55. The van der Waals surface area contributed by atoms with E-state index in [0.29, 0.717) is 18.0 Å². The maximum Gasteiger partial charge on any atom is 0.126 e. The number of nitrogens with one attached hydrogen (secondary N) is 2. The molecule has 82 valence electrons. The number of halogens is 2. The fourth-order valence-electron chi connectivity index (χ4n) is 1.61. The lowest BCUT2D eigenvalue weighted by Gasteiger charge is -2.28. The highest BCUT2D eigenvalue weighted by Gasteiger charge is 2.14. The Morgan fingerprint density at radius 2 is 1.87 bits per heavy atom. The Morgan fingerprint density at radius 1 is 1.20 bits per heavy atom. The first-order valence-electron chi connectivity index (χ1n) is 5.13. The summed E-state index contributed by atoms with van der Waals surface area (Å²) in [5, 5.41) is 6.44. The van der Waals surface area contributed by atoms with Crippen LogP contribution in [-0.4, -0.2) is 25.7 Å². The Kier molecular flexibility index (Phi) is 3.28. The van der Waals surface area contributed by atoms with Crippen molar-refractivity contribution in [3.05, 3.63) is 35.4 Å². The normalized spacial score (nSPS) is 16.4. The molecular formula is C11H14F2N2. The van der Waals surface area contributed by atoms with E-state index in [9.17, 15) is 8.78 Å². The molecule has 4 heteroatoms. The average molecular weight is 212 g/mol. The van der Waals surface area contributed by atoms with Crippen LogP contribution in [0.1, 0.15) is 5.56 Å². The highest BCUT2D eigenvalue weighted by atomic mass is 19.1. The first-order valence-corrected chi connectivity index (χ1v) is 5.13. The van der Waals surface area contributed by atoms with Gasteiger partial charge < -0.3 is 10.6 Å². The minimum Gasteiger partial charge on any atom is -0.314 e. The Bertz CT molecular complexity index is 317. The van der Waals surface area contributed by atoms with Crippen molar-refractivity contribution in [2.24, 2.45) is 0 Å². The predicted molar refractivity (Wildman–Crippen MR) is 54.7 cm³/mol. The van der Waals surface area contributed by atoms with Crippen LogP contribution < -0.4 is 10.6 Å². The molecule has 15 heavy (non-hydrogen) atoms. The monoisotopic (exact) mass is 212 g/mol. The summed E-state index contributed by atoms with van der Waals surface area (Å²) in [6.45, 7) is 2.73. The number of benzene rings is 1.